The van der Waals surface area contributed by atoms with E-state index >= 15 is 0 Å². The average Bonchev–Trinajstić information content (AvgIpc) is 3.07. The van der Waals surface area contributed by atoms with Gasteiger partial charge in [0.05, 0.1) is 0 Å². The first-order valence-corrected chi connectivity index (χ1v) is 19.7. The molecule has 0 nitrogen and oxygen atoms in total. The molecule has 5 aromatic rings. The van der Waals surface area contributed by atoms with E-state index in [4.69, 9.17) is 0 Å². The van der Waals surface area contributed by atoms with E-state index in [1.807, 2.05) is 0 Å². The molecule has 2 heteroatoms. The number of rotatable bonds is 8. The first-order valence-electron chi connectivity index (χ1n) is 16.8. The predicted molar refractivity (Wildman–Crippen MR) is 194 cm³/mol. The van der Waals surface area contributed by atoms with Gasteiger partial charge in [0.15, 0.2) is 0 Å². The van der Waals surface area contributed by atoms with Crippen LogP contribution in [0.5, 0.6) is 0 Å². The van der Waals surface area contributed by atoms with Crippen LogP contribution in [0.3, 0.4) is 0 Å². The fourth-order valence-electron chi connectivity index (χ4n) is 8.10. The Hall–Kier alpha value is -2.52. The highest BCUT2D eigenvalue weighted by atomic mass is 31.1. The molecule has 5 aromatic carbocycles. The first kappa shape index (κ1) is 29.2. The van der Waals surface area contributed by atoms with Crippen LogP contribution in [-0.4, -0.2) is 11.3 Å². The van der Waals surface area contributed by atoms with E-state index in [0.717, 1.165) is 26.1 Å². The van der Waals surface area contributed by atoms with Gasteiger partial charge in [0.1, 0.15) is 0 Å². The summed E-state index contributed by atoms with van der Waals surface area (Å²) < 4.78 is 0. The maximum atomic E-state index is 2.60. The van der Waals surface area contributed by atoms with Crippen molar-refractivity contribution in [1.29, 1.82) is 0 Å². The Morgan fingerprint density at radius 1 is 0.605 bits per heavy atom. The normalized spacial score (nSPS) is 17.1. The summed E-state index contributed by atoms with van der Waals surface area (Å²) in [4.78, 5) is 0. The van der Waals surface area contributed by atoms with Gasteiger partial charge in [-0.3, -0.25) is 0 Å². The van der Waals surface area contributed by atoms with Gasteiger partial charge in [-0.25, -0.2) is 0 Å². The fraction of sp³-hybridized carbons (Fsp3) is 0.366. The second-order valence-corrected chi connectivity index (χ2v) is 17.2. The van der Waals surface area contributed by atoms with Crippen LogP contribution in [-0.2, 0) is 12.3 Å². The van der Waals surface area contributed by atoms with Gasteiger partial charge in [-0.15, -0.1) is 0 Å². The van der Waals surface area contributed by atoms with Crippen molar-refractivity contribution in [2.75, 3.05) is 0 Å². The number of aryl methyl sites for hydroxylation is 1. The van der Waals surface area contributed by atoms with Gasteiger partial charge in [0, 0.05) is 0 Å². The fourth-order valence-corrected chi connectivity index (χ4v) is 13.1. The number of fused-ring (bicyclic) bond motifs is 2. The number of benzene rings is 5. The lowest BCUT2D eigenvalue weighted by Crippen LogP contribution is -2.22. The molecule has 0 aromatic heterocycles. The molecule has 2 aliphatic rings. The van der Waals surface area contributed by atoms with Crippen LogP contribution >= 0.6 is 16.5 Å². The second kappa shape index (κ2) is 13.6. The minimum atomic E-state index is -0.0662. The molecular formula is C41H46P2. The lowest BCUT2D eigenvalue weighted by molar-refractivity contribution is 0.484. The molecule has 0 aliphatic heterocycles. The molecule has 0 amide bonds. The largest absolute Gasteiger partial charge is 0.0958 e. The van der Waals surface area contributed by atoms with Crippen LogP contribution in [0, 0.1) is 6.92 Å². The maximum absolute atomic E-state index is 2.60. The standard InChI is InChI=1S/C41H46P2/c1-30-25-26-31-15-11-13-23-37(31)40(30)41-38-24-14-12-16-32(38)27-33(28-42-34-17-5-2-6-18-34)39(41)29-43(35-19-7-3-8-20-35)36-21-9-4-10-22-36/h2,5-6,11-18,23-27,35-36,42H,3-4,7-10,19-22,28-29H2,1H3. The van der Waals surface area contributed by atoms with Crippen molar-refractivity contribution in [3.05, 3.63) is 114 Å². The van der Waals surface area contributed by atoms with Gasteiger partial charge in [0.2, 0.25) is 0 Å². The van der Waals surface area contributed by atoms with Crippen LogP contribution in [0.15, 0.2) is 97.1 Å². The van der Waals surface area contributed by atoms with Crippen molar-refractivity contribution >= 4 is 43.4 Å². The van der Waals surface area contributed by atoms with E-state index in [2.05, 4.69) is 104 Å². The molecule has 43 heavy (non-hydrogen) atoms. The predicted octanol–water partition coefficient (Wildman–Crippen LogP) is 12.1. The third-order valence-corrected chi connectivity index (χ3v) is 15.2. The number of hydrogen-bond acceptors (Lipinski definition) is 0. The molecule has 0 radical (unpaired) electrons. The SMILES string of the molecule is Cc1ccc2ccccc2c1-c1c(CP(C2CCCCC2)C2CCCCC2)c(CPc2ccccc2)cc2ccccc12. The molecule has 2 saturated carbocycles. The smallest absolute Gasteiger partial charge is 0.00569 e. The lowest BCUT2D eigenvalue weighted by Gasteiger charge is -2.39. The van der Waals surface area contributed by atoms with Gasteiger partial charge in [-0.05, 0) is 111 Å². The van der Waals surface area contributed by atoms with Crippen LogP contribution < -0.4 is 5.30 Å². The van der Waals surface area contributed by atoms with Crippen LogP contribution in [0.25, 0.3) is 32.7 Å². The highest BCUT2D eigenvalue weighted by Crippen LogP contribution is 2.59. The summed E-state index contributed by atoms with van der Waals surface area (Å²) in [5.41, 5.74) is 9.66. The highest BCUT2D eigenvalue weighted by Gasteiger charge is 2.33. The summed E-state index contributed by atoms with van der Waals surface area (Å²) in [5.74, 6) is 0. The summed E-state index contributed by atoms with van der Waals surface area (Å²) in [7, 11) is 0.732. The van der Waals surface area contributed by atoms with E-state index in [1.54, 1.807) is 16.7 Å². The van der Waals surface area contributed by atoms with Crippen molar-refractivity contribution in [3.63, 3.8) is 0 Å². The molecule has 2 fully saturated rings. The zero-order valence-electron chi connectivity index (χ0n) is 25.8. The van der Waals surface area contributed by atoms with Crippen molar-refractivity contribution < 1.29 is 0 Å². The molecule has 0 bridgehead atoms. The summed E-state index contributed by atoms with van der Waals surface area (Å²) in [5, 5.41) is 7.10. The van der Waals surface area contributed by atoms with Crippen molar-refractivity contribution in [3.8, 4) is 11.1 Å². The average molecular weight is 601 g/mol. The Labute approximate surface area is 262 Å². The van der Waals surface area contributed by atoms with Crippen LogP contribution in [0.4, 0.5) is 0 Å². The molecular weight excluding hydrogens is 554 g/mol. The van der Waals surface area contributed by atoms with E-state index in [0.29, 0.717) is 0 Å². The quantitative estimate of drug-likeness (QED) is 0.155. The molecule has 0 saturated heterocycles. The van der Waals surface area contributed by atoms with Crippen molar-refractivity contribution in [2.24, 2.45) is 0 Å². The first-order chi connectivity index (χ1) is 21.3. The third kappa shape index (κ3) is 6.35. The molecule has 1 unspecified atom stereocenters. The Morgan fingerprint density at radius 3 is 1.86 bits per heavy atom. The van der Waals surface area contributed by atoms with Crippen LogP contribution in [0.2, 0.25) is 0 Å². The van der Waals surface area contributed by atoms with Gasteiger partial charge in [-0.1, -0.05) is 152 Å². The van der Waals surface area contributed by atoms with Gasteiger partial charge in [0.25, 0.3) is 0 Å². The lowest BCUT2D eigenvalue weighted by atomic mass is 9.86. The second-order valence-electron chi connectivity index (χ2n) is 13.1. The van der Waals surface area contributed by atoms with Crippen molar-refractivity contribution in [2.45, 2.75) is 94.8 Å². The summed E-state index contributed by atoms with van der Waals surface area (Å²) in [6.07, 6.45) is 17.0. The summed E-state index contributed by atoms with van der Waals surface area (Å²) in [6.45, 7) is 2.35. The minimum absolute atomic E-state index is 0.0662. The summed E-state index contributed by atoms with van der Waals surface area (Å²) >= 11 is 0. The van der Waals surface area contributed by atoms with Crippen LogP contribution in [0.1, 0.15) is 80.9 Å². The molecule has 0 heterocycles. The van der Waals surface area contributed by atoms with Gasteiger partial charge in [-0.2, -0.15) is 0 Å². The maximum Gasteiger partial charge on any atom is -0.00569 e. The van der Waals surface area contributed by atoms with E-state index in [1.165, 1.54) is 108 Å². The minimum Gasteiger partial charge on any atom is -0.0958 e. The molecule has 220 valence electrons. The zero-order valence-corrected chi connectivity index (χ0v) is 27.7. The Bertz CT molecular complexity index is 1660. The number of hydrogen-bond donors (Lipinski definition) is 0. The molecule has 0 spiro atoms. The Balaban J connectivity index is 1.45. The molecule has 0 N–H and O–H groups in total. The summed E-state index contributed by atoms with van der Waals surface area (Å²) in [6, 6.07) is 36.9. The Kier molecular flexibility index (Phi) is 9.26. The van der Waals surface area contributed by atoms with E-state index in [-0.39, 0.29) is 7.92 Å². The topological polar surface area (TPSA) is 0 Å². The Morgan fingerprint density at radius 2 is 1.19 bits per heavy atom. The third-order valence-electron chi connectivity index (χ3n) is 10.3. The zero-order chi connectivity index (χ0) is 29.0. The highest BCUT2D eigenvalue weighted by molar-refractivity contribution is 7.58. The van der Waals surface area contributed by atoms with E-state index < -0.39 is 0 Å². The molecule has 1 atom stereocenters. The molecule has 2 aliphatic carbocycles. The van der Waals surface area contributed by atoms with Gasteiger partial charge < -0.3 is 0 Å². The van der Waals surface area contributed by atoms with Crippen molar-refractivity contribution in [1.82, 2.24) is 0 Å². The molecule has 7 rings (SSSR count). The van der Waals surface area contributed by atoms with E-state index in [9.17, 15) is 0 Å². The monoisotopic (exact) mass is 600 g/mol. The van der Waals surface area contributed by atoms with Gasteiger partial charge >= 0.3 is 0 Å².